The van der Waals surface area contributed by atoms with Gasteiger partial charge in [-0.05, 0) is 24.3 Å². The van der Waals surface area contributed by atoms with Gasteiger partial charge in [0.2, 0.25) is 5.92 Å². The summed E-state index contributed by atoms with van der Waals surface area (Å²) in [5.41, 5.74) is 6.94. The number of alkyl halides is 2. The molecule has 0 amide bonds. The molecule has 1 aliphatic carbocycles. The lowest BCUT2D eigenvalue weighted by molar-refractivity contribution is -0.00752. The summed E-state index contributed by atoms with van der Waals surface area (Å²) in [6, 6.07) is 9.08. The van der Waals surface area contributed by atoms with E-state index in [4.69, 9.17) is 5.73 Å². The largest absolute Gasteiger partial charge is 0.391 e. The van der Waals surface area contributed by atoms with E-state index in [9.17, 15) is 13.9 Å². The van der Waals surface area contributed by atoms with Crippen molar-refractivity contribution in [3.05, 3.63) is 35.9 Å². The van der Waals surface area contributed by atoms with Gasteiger partial charge in [-0.1, -0.05) is 30.3 Å². The van der Waals surface area contributed by atoms with Crippen LogP contribution < -0.4 is 5.73 Å². The Kier molecular flexibility index (Phi) is 3.97. The third kappa shape index (κ3) is 3.27. The number of aliphatic hydroxyl groups is 1. The summed E-state index contributed by atoms with van der Waals surface area (Å²) in [5, 5.41) is 10.1. The average Bonchev–Trinajstić information content (AvgIpc) is 2.70. The SMILES string of the molecule is N[C@@H](Cc1ccccc1)[C@H](O)[C@@H]1CCC(F)(F)C1. The molecule has 0 unspecified atom stereocenters. The summed E-state index contributed by atoms with van der Waals surface area (Å²) < 4.78 is 26.2. The third-order valence-corrected chi connectivity index (χ3v) is 3.68. The van der Waals surface area contributed by atoms with Crippen LogP contribution in [-0.4, -0.2) is 23.2 Å². The zero-order valence-corrected chi connectivity index (χ0v) is 10.2. The Morgan fingerprint density at radius 3 is 2.56 bits per heavy atom. The van der Waals surface area contributed by atoms with Crippen LogP contribution in [0.4, 0.5) is 8.78 Å². The zero-order valence-electron chi connectivity index (χ0n) is 10.2. The van der Waals surface area contributed by atoms with Gasteiger partial charge in [0.05, 0.1) is 6.10 Å². The van der Waals surface area contributed by atoms with E-state index in [-0.39, 0.29) is 18.8 Å². The molecule has 0 bridgehead atoms. The van der Waals surface area contributed by atoms with Crippen molar-refractivity contribution in [1.29, 1.82) is 0 Å². The first-order valence-electron chi connectivity index (χ1n) is 6.33. The predicted octanol–water partition coefficient (Wildman–Crippen LogP) is 2.35. The van der Waals surface area contributed by atoms with Crippen LogP contribution in [-0.2, 0) is 6.42 Å². The molecule has 0 spiro atoms. The second-order valence-corrected chi connectivity index (χ2v) is 5.20. The number of aliphatic hydroxyl groups excluding tert-OH is 1. The number of benzene rings is 1. The van der Waals surface area contributed by atoms with Crippen molar-refractivity contribution in [3.8, 4) is 0 Å². The Morgan fingerprint density at radius 1 is 1.33 bits per heavy atom. The molecule has 100 valence electrons. The molecule has 0 saturated heterocycles. The maximum absolute atomic E-state index is 13.1. The van der Waals surface area contributed by atoms with Crippen molar-refractivity contribution in [2.24, 2.45) is 11.7 Å². The Morgan fingerprint density at radius 2 is 2.00 bits per heavy atom. The normalized spacial score (nSPS) is 25.9. The van der Waals surface area contributed by atoms with Gasteiger partial charge < -0.3 is 10.8 Å². The van der Waals surface area contributed by atoms with Crippen LogP contribution >= 0.6 is 0 Å². The molecule has 0 heterocycles. The van der Waals surface area contributed by atoms with Crippen LogP contribution in [0.15, 0.2) is 30.3 Å². The van der Waals surface area contributed by atoms with E-state index in [1.807, 2.05) is 30.3 Å². The van der Waals surface area contributed by atoms with Crippen molar-refractivity contribution < 1.29 is 13.9 Å². The number of hydrogen-bond acceptors (Lipinski definition) is 2. The van der Waals surface area contributed by atoms with Crippen molar-refractivity contribution in [2.75, 3.05) is 0 Å². The standard InChI is InChI=1S/C14H19F2NO/c15-14(16)7-6-11(9-14)13(18)12(17)8-10-4-2-1-3-5-10/h1-5,11-13,18H,6-9,17H2/t11-,12+,13-/m1/s1. The van der Waals surface area contributed by atoms with Crippen LogP contribution in [0.5, 0.6) is 0 Å². The van der Waals surface area contributed by atoms with E-state index < -0.39 is 18.1 Å². The number of hydrogen-bond donors (Lipinski definition) is 2. The molecule has 1 aromatic rings. The molecule has 0 aromatic heterocycles. The predicted molar refractivity (Wildman–Crippen MR) is 66.4 cm³/mol. The van der Waals surface area contributed by atoms with Gasteiger partial charge in [-0.15, -0.1) is 0 Å². The molecule has 1 aromatic carbocycles. The lowest BCUT2D eigenvalue weighted by Crippen LogP contribution is -2.41. The zero-order chi connectivity index (χ0) is 13.2. The Balaban J connectivity index is 1.91. The van der Waals surface area contributed by atoms with Crippen LogP contribution in [0.1, 0.15) is 24.8 Å². The highest BCUT2D eigenvalue weighted by Gasteiger charge is 2.43. The van der Waals surface area contributed by atoms with Gasteiger partial charge in [0, 0.05) is 18.9 Å². The Labute approximate surface area is 106 Å². The van der Waals surface area contributed by atoms with Gasteiger partial charge in [0.25, 0.3) is 0 Å². The highest BCUT2D eigenvalue weighted by Crippen LogP contribution is 2.40. The van der Waals surface area contributed by atoms with Gasteiger partial charge >= 0.3 is 0 Å². The highest BCUT2D eigenvalue weighted by molar-refractivity contribution is 5.16. The molecule has 3 atom stereocenters. The first-order valence-corrected chi connectivity index (χ1v) is 6.33. The smallest absolute Gasteiger partial charge is 0.248 e. The molecular weight excluding hydrogens is 236 g/mol. The summed E-state index contributed by atoms with van der Waals surface area (Å²) in [6.07, 6.45) is -0.344. The van der Waals surface area contributed by atoms with E-state index in [1.54, 1.807) is 0 Å². The van der Waals surface area contributed by atoms with Crippen LogP contribution in [0.2, 0.25) is 0 Å². The fourth-order valence-electron chi connectivity index (χ4n) is 2.63. The first kappa shape index (κ1) is 13.4. The van der Waals surface area contributed by atoms with Crippen LogP contribution in [0.25, 0.3) is 0 Å². The van der Waals surface area contributed by atoms with Crippen molar-refractivity contribution >= 4 is 0 Å². The molecule has 1 aliphatic rings. The fraction of sp³-hybridized carbons (Fsp3) is 0.571. The highest BCUT2D eigenvalue weighted by atomic mass is 19.3. The molecule has 3 N–H and O–H groups in total. The van der Waals surface area contributed by atoms with E-state index >= 15 is 0 Å². The number of nitrogens with two attached hydrogens (primary N) is 1. The molecule has 18 heavy (non-hydrogen) atoms. The minimum atomic E-state index is -2.63. The molecule has 2 nitrogen and oxygen atoms in total. The van der Waals surface area contributed by atoms with Crippen molar-refractivity contribution in [3.63, 3.8) is 0 Å². The lowest BCUT2D eigenvalue weighted by Gasteiger charge is -2.24. The van der Waals surface area contributed by atoms with E-state index in [1.165, 1.54) is 0 Å². The monoisotopic (exact) mass is 255 g/mol. The van der Waals surface area contributed by atoms with Gasteiger partial charge in [0.1, 0.15) is 0 Å². The average molecular weight is 255 g/mol. The number of halogens is 2. The fourth-order valence-corrected chi connectivity index (χ4v) is 2.63. The summed E-state index contributed by atoms with van der Waals surface area (Å²) >= 11 is 0. The molecular formula is C14H19F2NO. The maximum Gasteiger partial charge on any atom is 0.248 e. The Bertz CT molecular complexity index is 383. The second kappa shape index (κ2) is 5.33. The summed E-state index contributed by atoms with van der Waals surface area (Å²) in [5.74, 6) is -3.00. The quantitative estimate of drug-likeness (QED) is 0.867. The molecule has 1 fully saturated rings. The van der Waals surface area contributed by atoms with Gasteiger partial charge in [-0.2, -0.15) is 0 Å². The number of rotatable bonds is 4. The second-order valence-electron chi connectivity index (χ2n) is 5.20. The summed E-state index contributed by atoms with van der Waals surface area (Å²) in [7, 11) is 0. The van der Waals surface area contributed by atoms with Crippen LogP contribution in [0.3, 0.4) is 0 Å². The lowest BCUT2D eigenvalue weighted by atomic mass is 9.91. The third-order valence-electron chi connectivity index (χ3n) is 3.68. The van der Waals surface area contributed by atoms with E-state index in [0.717, 1.165) is 5.56 Å². The summed E-state index contributed by atoms with van der Waals surface area (Å²) in [6.45, 7) is 0. The van der Waals surface area contributed by atoms with Crippen LogP contribution in [0, 0.1) is 5.92 Å². The minimum absolute atomic E-state index is 0.132. The van der Waals surface area contributed by atoms with Gasteiger partial charge in [-0.25, -0.2) is 8.78 Å². The maximum atomic E-state index is 13.1. The molecule has 0 aliphatic heterocycles. The van der Waals surface area contributed by atoms with Gasteiger partial charge in [-0.3, -0.25) is 0 Å². The summed E-state index contributed by atoms with van der Waals surface area (Å²) in [4.78, 5) is 0. The minimum Gasteiger partial charge on any atom is -0.391 e. The van der Waals surface area contributed by atoms with Gasteiger partial charge in [0.15, 0.2) is 0 Å². The topological polar surface area (TPSA) is 46.2 Å². The molecule has 0 radical (unpaired) electrons. The molecule has 1 saturated carbocycles. The molecule has 2 rings (SSSR count). The van der Waals surface area contributed by atoms with Crippen molar-refractivity contribution in [1.82, 2.24) is 0 Å². The van der Waals surface area contributed by atoms with E-state index in [2.05, 4.69) is 0 Å². The van der Waals surface area contributed by atoms with Crippen molar-refractivity contribution in [2.45, 2.75) is 43.8 Å². The van der Waals surface area contributed by atoms with E-state index in [0.29, 0.717) is 12.8 Å². The first-order chi connectivity index (χ1) is 8.48. The molecule has 4 heteroatoms. The Hall–Kier alpha value is -1.00.